The van der Waals surface area contributed by atoms with Crippen LogP contribution in [0.4, 0.5) is 5.13 Å². The van der Waals surface area contributed by atoms with Gasteiger partial charge in [0.15, 0.2) is 0 Å². The first-order valence-electron chi connectivity index (χ1n) is 4.43. The number of phenols is 1. The van der Waals surface area contributed by atoms with Crippen molar-refractivity contribution in [1.82, 2.24) is 4.98 Å². The fraction of sp³-hybridized carbons (Fsp3) is 0. The lowest BCUT2D eigenvalue weighted by atomic mass is 10.2. The molecule has 1 heterocycles. The molecule has 82 valence electrons. The van der Waals surface area contributed by atoms with Gasteiger partial charge in [-0.1, -0.05) is 15.9 Å². The summed E-state index contributed by atoms with van der Waals surface area (Å²) in [6, 6.07) is 5.15. The van der Waals surface area contributed by atoms with E-state index in [0.29, 0.717) is 10.7 Å². The Hall–Kier alpha value is -1.40. The summed E-state index contributed by atoms with van der Waals surface area (Å²) in [7, 11) is 0. The molecule has 16 heavy (non-hydrogen) atoms. The predicted molar refractivity (Wildman–Crippen MR) is 69.1 cm³/mol. The molecule has 0 amide bonds. The van der Waals surface area contributed by atoms with Gasteiger partial charge in [-0.25, -0.2) is 4.98 Å². The zero-order chi connectivity index (χ0) is 11.4. The summed E-state index contributed by atoms with van der Waals surface area (Å²) in [6.45, 7) is 0. The number of halogens is 1. The van der Waals surface area contributed by atoms with Crippen molar-refractivity contribution in [3.05, 3.63) is 39.8 Å². The number of aromatic nitrogens is 1. The van der Waals surface area contributed by atoms with Crippen LogP contribution in [0.15, 0.2) is 39.4 Å². The molecule has 2 N–H and O–H groups in total. The molecule has 0 saturated carbocycles. The maximum Gasteiger partial charge on any atom is 0.203 e. The van der Waals surface area contributed by atoms with E-state index in [4.69, 9.17) is 0 Å². The smallest absolute Gasteiger partial charge is 0.203 e. The molecule has 0 fully saturated rings. The lowest BCUT2D eigenvalue weighted by Crippen LogP contribution is -1.90. The van der Waals surface area contributed by atoms with Gasteiger partial charge in [0.25, 0.3) is 0 Å². The van der Waals surface area contributed by atoms with Gasteiger partial charge in [0.1, 0.15) is 5.75 Å². The van der Waals surface area contributed by atoms with Crippen molar-refractivity contribution in [3.8, 4) is 5.75 Å². The zero-order valence-electron chi connectivity index (χ0n) is 8.09. The Morgan fingerprint density at radius 3 is 3.12 bits per heavy atom. The average molecular weight is 298 g/mol. The second kappa shape index (κ2) is 5.09. The van der Waals surface area contributed by atoms with Gasteiger partial charge in [-0.15, -0.1) is 11.3 Å². The number of benzene rings is 1. The molecule has 1 aromatic heterocycles. The Bertz CT molecular complexity index is 499. The minimum atomic E-state index is 0.188. The Labute approximate surface area is 105 Å². The third kappa shape index (κ3) is 2.80. The molecule has 0 saturated heterocycles. The van der Waals surface area contributed by atoms with Crippen LogP contribution in [0.2, 0.25) is 0 Å². The monoisotopic (exact) mass is 297 g/mol. The highest BCUT2D eigenvalue weighted by atomic mass is 79.9. The zero-order valence-corrected chi connectivity index (χ0v) is 10.5. The van der Waals surface area contributed by atoms with Crippen LogP contribution >= 0.6 is 27.3 Å². The molecule has 6 heteroatoms. The number of anilines is 1. The summed E-state index contributed by atoms with van der Waals surface area (Å²) in [5.74, 6) is 0.188. The minimum Gasteiger partial charge on any atom is -0.507 e. The van der Waals surface area contributed by atoms with E-state index in [0.717, 1.165) is 4.47 Å². The molecule has 2 aromatic rings. The summed E-state index contributed by atoms with van der Waals surface area (Å²) in [4.78, 5) is 4.01. The van der Waals surface area contributed by atoms with E-state index in [1.54, 1.807) is 30.6 Å². The number of thiazole rings is 1. The van der Waals surface area contributed by atoms with Crippen molar-refractivity contribution in [1.29, 1.82) is 0 Å². The molecule has 0 atom stereocenters. The summed E-state index contributed by atoms with van der Waals surface area (Å²) in [5.41, 5.74) is 3.41. The first-order valence-corrected chi connectivity index (χ1v) is 6.10. The number of nitrogens with one attached hydrogen (secondary N) is 1. The number of aromatic hydroxyl groups is 1. The fourth-order valence-corrected chi connectivity index (χ4v) is 1.92. The molecule has 0 aliphatic rings. The lowest BCUT2D eigenvalue weighted by Gasteiger charge is -1.99. The van der Waals surface area contributed by atoms with Crippen molar-refractivity contribution >= 4 is 38.6 Å². The van der Waals surface area contributed by atoms with Crippen molar-refractivity contribution < 1.29 is 5.11 Å². The standard InChI is InChI=1S/C10H8BrN3OS/c11-8-1-2-9(15)7(5-8)6-13-14-10-12-3-4-16-10/h1-6,15H,(H,12,14)/b13-6-. The van der Waals surface area contributed by atoms with Gasteiger partial charge in [-0.3, -0.25) is 5.43 Å². The quantitative estimate of drug-likeness (QED) is 0.676. The molecule has 0 spiro atoms. The summed E-state index contributed by atoms with van der Waals surface area (Å²) in [6.07, 6.45) is 3.24. The number of nitrogens with zero attached hydrogens (tertiary/aromatic N) is 2. The predicted octanol–water partition coefficient (Wildman–Crippen LogP) is 3.06. The van der Waals surface area contributed by atoms with Crippen LogP contribution in [0.3, 0.4) is 0 Å². The third-order valence-electron chi connectivity index (χ3n) is 1.79. The summed E-state index contributed by atoms with van der Waals surface area (Å²) < 4.78 is 0.890. The van der Waals surface area contributed by atoms with E-state index in [-0.39, 0.29) is 5.75 Å². The van der Waals surface area contributed by atoms with E-state index < -0.39 is 0 Å². The van der Waals surface area contributed by atoms with E-state index in [1.807, 2.05) is 5.38 Å². The van der Waals surface area contributed by atoms with Crippen LogP contribution in [0.1, 0.15) is 5.56 Å². The average Bonchev–Trinajstić information content (AvgIpc) is 2.76. The topological polar surface area (TPSA) is 57.5 Å². The number of hydrazone groups is 1. The molecular formula is C10H8BrN3OS. The van der Waals surface area contributed by atoms with Crippen LogP contribution in [-0.4, -0.2) is 16.3 Å². The Balaban J connectivity index is 2.08. The van der Waals surface area contributed by atoms with Crippen molar-refractivity contribution in [2.45, 2.75) is 0 Å². The lowest BCUT2D eigenvalue weighted by molar-refractivity contribution is 0.474. The SMILES string of the molecule is Oc1ccc(Br)cc1/C=N\Nc1nccs1. The van der Waals surface area contributed by atoms with Crippen molar-refractivity contribution in [2.24, 2.45) is 5.10 Å². The van der Waals surface area contributed by atoms with Gasteiger partial charge >= 0.3 is 0 Å². The van der Waals surface area contributed by atoms with Crippen molar-refractivity contribution in [3.63, 3.8) is 0 Å². The molecule has 1 aromatic carbocycles. The number of hydrogen-bond acceptors (Lipinski definition) is 5. The fourth-order valence-electron chi connectivity index (χ4n) is 1.06. The first-order chi connectivity index (χ1) is 7.75. The Morgan fingerprint density at radius 1 is 1.50 bits per heavy atom. The van der Waals surface area contributed by atoms with Crippen LogP contribution in [0, 0.1) is 0 Å². The highest BCUT2D eigenvalue weighted by molar-refractivity contribution is 9.10. The van der Waals surface area contributed by atoms with E-state index >= 15 is 0 Å². The van der Waals surface area contributed by atoms with E-state index in [9.17, 15) is 5.11 Å². The van der Waals surface area contributed by atoms with Crippen LogP contribution in [-0.2, 0) is 0 Å². The maximum atomic E-state index is 9.54. The maximum absolute atomic E-state index is 9.54. The van der Waals surface area contributed by atoms with E-state index in [1.165, 1.54) is 11.3 Å². The first kappa shape index (κ1) is 11.1. The molecule has 2 rings (SSSR count). The van der Waals surface area contributed by atoms with Crippen LogP contribution in [0.25, 0.3) is 0 Å². The largest absolute Gasteiger partial charge is 0.507 e. The van der Waals surface area contributed by atoms with Gasteiger partial charge in [-0.2, -0.15) is 5.10 Å². The van der Waals surface area contributed by atoms with Gasteiger partial charge in [0.2, 0.25) is 5.13 Å². The number of phenolic OH excluding ortho intramolecular Hbond substituents is 1. The molecule has 0 aliphatic carbocycles. The van der Waals surface area contributed by atoms with Gasteiger partial charge in [-0.05, 0) is 18.2 Å². The molecule has 4 nitrogen and oxygen atoms in total. The second-order valence-corrected chi connectivity index (χ2v) is 4.72. The van der Waals surface area contributed by atoms with Gasteiger partial charge < -0.3 is 5.11 Å². The molecule has 0 aliphatic heterocycles. The highest BCUT2D eigenvalue weighted by Crippen LogP contribution is 2.20. The molecule has 0 radical (unpaired) electrons. The van der Waals surface area contributed by atoms with Crippen LogP contribution < -0.4 is 5.43 Å². The Morgan fingerprint density at radius 2 is 2.38 bits per heavy atom. The second-order valence-electron chi connectivity index (χ2n) is 2.91. The van der Waals surface area contributed by atoms with Gasteiger partial charge in [0, 0.05) is 21.6 Å². The number of hydrogen-bond donors (Lipinski definition) is 2. The minimum absolute atomic E-state index is 0.188. The number of rotatable bonds is 3. The van der Waals surface area contributed by atoms with E-state index in [2.05, 4.69) is 31.4 Å². The summed E-state index contributed by atoms with van der Waals surface area (Å²) >= 11 is 4.78. The third-order valence-corrected chi connectivity index (χ3v) is 2.96. The molecule has 0 unspecified atom stereocenters. The normalized spacial score (nSPS) is 10.8. The van der Waals surface area contributed by atoms with Crippen LogP contribution in [0.5, 0.6) is 5.75 Å². The Kier molecular flexibility index (Phi) is 3.53. The summed E-state index contributed by atoms with van der Waals surface area (Å²) in [5, 5.41) is 16.1. The van der Waals surface area contributed by atoms with Gasteiger partial charge in [0.05, 0.1) is 6.21 Å². The molecular weight excluding hydrogens is 290 g/mol. The van der Waals surface area contributed by atoms with Crippen molar-refractivity contribution in [2.75, 3.05) is 5.43 Å². The highest BCUT2D eigenvalue weighted by Gasteiger charge is 1.98. The molecule has 0 bridgehead atoms.